The van der Waals surface area contributed by atoms with Crippen LogP contribution in [0.3, 0.4) is 0 Å². The topological polar surface area (TPSA) is 63.6 Å². The second kappa shape index (κ2) is 5.57. The second-order valence-corrected chi connectivity index (χ2v) is 2.90. The van der Waals surface area contributed by atoms with Crippen LogP contribution in [0.2, 0.25) is 0 Å². The molecule has 0 aliphatic heterocycles. The van der Waals surface area contributed by atoms with E-state index in [0.29, 0.717) is 0 Å². The minimum Gasteiger partial charge on any atom is -0.480 e. The number of carbonyl (C=O) groups excluding carboxylic acids is 1. The number of ether oxygens (including phenoxy) is 1. The molecular formula is C9H15FO4. The van der Waals surface area contributed by atoms with E-state index in [4.69, 9.17) is 5.11 Å². The molecule has 0 saturated carbocycles. The van der Waals surface area contributed by atoms with Crippen LogP contribution in [0.1, 0.15) is 26.7 Å². The maximum Gasteiger partial charge on any atom is 0.323 e. The molecule has 0 aliphatic carbocycles. The Morgan fingerprint density at radius 2 is 2.00 bits per heavy atom. The Kier molecular flexibility index (Phi) is 5.12. The van der Waals surface area contributed by atoms with Gasteiger partial charge in [0.2, 0.25) is 0 Å². The standard InChI is InChI=1S/C9H15FO4/c1-3-9(5-6-10,7(11)12)8(13)14-4-2/h3-6H2,1-2H3,(H,11,12). The van der Waals surface area contributed by atoms with Crippen molar-refractivity contribution in [2.24, 2.45) is 5.41 Å². The molecule has 0 fully saturated rings. The zero-order chi connectivity index (χ0) is 11.2. The molecule has 1 unspecified atom stereocenters. The van der Waals surface area contributed by atoms with E-state index in [0.717, 1.165) is 0 Å². The van der Waals surface area contributed by atoms with Gasteiger partial charge in [-0.15, -0.1) is 0 Å². The van der Waals surface area contributed by atoms with Crippen LogP contribution in [-0.2, 0) is 14.3 Å². The van der Waals surface area contributed by atoms with Crippen molar-refractivity contribution in [2.45, 2.75) is 26.7 Å². The quantitative estimate of drug-likeness (QED) is 0.527. The summed E-state index contributed by atoms with van der Waals surface area (Å²) in [6.07, 6.45) is -0.303. The zero-order valence-electron chi connectivity index (χ0n) is 8.38. The smallest absolute Gasteiger partial charge is 0.323 e. The average molecular weight is 206 g/mol. The normalized spacial score (nSPS) is 14.5. The Labute approximate surface area is 82.1 Å². The first-order valence-electron chi connectivity index (χ1n) is 4.51. The van der Waals surface area contributed by atoms with Gasteiger partial charge in [-0.2, -0.15) is 0 Å². The summed E-state index contributed by atoms with van der Waals surface area (Å²) in [5, 5.41) is 8.88. The molecule has 0 amide bonds. The zero-order valence-corrected chi connectivity index (χ0v) is 8.38. The maximum atomic E-state index is 12.2. The highest BCUT2D eigenvalue weighted by Gasteiger charge is 2.45. The van der Waals surface area contributed by atoms with Gasteiger partial charge in [0.25, 0.3) is 0 Å². The molecule has 0 rings (SSSR count). The molecule has 0 saturated heterocycles. The van der Waals surface area contributed by atoms with Crippen LogP contribution in [0.15, 0.2) is 0 Å². The third-order valence-electron chi connectivity index (χ3n) is 2.20. The lowest BCUT2D eigenvalue weighted by Gasteiger charge is -2.24. The van der Waals surface area contributed by atoms with E-state index in [-0.39, 0.29) is 19.4 Å². The van der Waals surface area contributed by atoms with Crippen molar-refractivity contribution in [1.29, 1.82) is 0 Å². The van der Waals surface area contributed by atoms with Gasteiger partial charge >= 0.3 is 11.9 Å². The lowest BCUT2D eigenvalue weighted by Crippen LogP contribution is -2.40. The number of carboxylic acid groups (broad SMARTS) is 1. The van der Waals surface area contributed by atoms with E-state index in [9.17, 15) is 14.0 Å². The van der Waals surface area contributed by atoms with Crippen LogP contribution in [0.4, 0.5) is 4.39 Å². The van der Waals surface area contributed by atoms with Crippen LogP contribution in [0.5, 0.6) is 0 Å². The average Bonchev–Trinajstić information content (AvgIpc) is 2.14. The molecule has 82 valence electrons. The monoisotopic (exact) mass is 206 g/mol. The Morgan fingerprint density at radius 1 is 1.43 bits per heavy atom. The van der Waals surface area contributed by atoms with Gasteiger partial charge in [0.15, 0.2) is 5.41 Å². The highest BCUT2D eigenvalue weighted by atomic mass is 19.1. The van der Waals surface area contributed by atoms with Gasteiger partial charge in [-0.1, -0.05) is 6.92 Å². The summed E-state index contributed by atoms with van der Waals surface area (Å²) in [5.74, 6) is -2.18. The molecule has 0 aromatic rings. The fraction of sp³-hybridized carbons (Fsp3) is 0.778. The molecule has 0 bridgehead atoms. The molecule has 0 spiro atoms. The number of halogens is 1. The first kappa shape index (κ1) is 12.9. The van der Waals surface area contributed by atoms with Gasteiger partial charge in [-0.25, -0.2) is 0 Å². The maximum absolute atomic E-state index is 12.2. The molecule has 1 N–H and O–H groups in total. The van der Waals surface area contributed by atoms with Crippen molar-refractivity contribution in [3.63, 3.8) is 0 Å². The van der Waals surface area contributed by atoms with Crippen molar-refractivity contribution in [3.8, 4) is 0 Å². The minimum absolute atomic E-state index is 0.0328. The number of carboxylic acids is 1. The predicted molar refractivity (Wildman–Crippen MR) is 47.6 cm³/mol. The summed E-state index contributed by atoms with van der Waals surface area (Å²) < 4.78 is 16.8. The van der Waals surface area contributed by atoms with E-state index in [2.05, 4.69) is 4.74 Å². The number of carbonyl (C=O) groups is 2. The third-order valence-corrected chi connectivity index (χ3v) is 2.20. The number of aliphatic carboxylic acids is 1. The van der Waals surface area contributed by atoms with Gasteiger partial charge in [0.05, 0.1) is 13.3 Å². The van der Waals surface area contributed by atoms with E-state index in [1.54, 1.807) is 6.92 Å². The number of alkyl halides is 1. The van der Waals surface area contributed by atoms with E-state index in [1.807, 2.05) is 0 Å². The van der Waals surface area contributed by atoms with E-state index in [1.165, 1.54) is 6.92 Å². The van der Waals surface area contributed by atoms with Crippen molar-refractivity contribution < 1.29 is 23.8 Å². The van der Waals surface area contributed by atoms with Crippen LogP contribution < -0.4 is 0 Å². The largest absolute Gasteiger partial charge is 0.480 e. The third kappa shape index (κ3) is 2.43. The van der Waals surface area contributed by atoms with Crippen LogP contribution in [0.25, 0.3) is 0 Å². The van der Waals surface area contributed by atoms with Crippen molar-refractivity contribution >= 4 is 11.9 Å². The summed E-state index contributed by atoms with van der Waals surface area (Å²) in [7, 11) is 0. The Bertz CT molecular complexity index is 217. The van der Waals surface area contributed by atoms with Crippen LogP contribution in [-0.4, -0.2) is 30.3 Å². The fourth-order valence-electron chi connectivity index (χ4n) is 1.20. The van der Waals surface area contributed by atoms with Crippen molar-refractivity contribution in [2.75, 3.05) is 13.3 Å². The summed E-state index contributed by atoms with van der Waals surface area (Å²) in [6, 6.07) is 0. The van der Waals surface area contributed by atoms with E-state index < -0.39 is 24.0 Å². The summed E-state index contributed by atoms with van der Waals surface area (Å²) in [4.78, 5) is 22.2. The number of rotatable bonds is 6. The number of hydrogen-bond donors (Lipinski definition) is 1. The summed E-state index contributed by atoms with van der Waals surface area (Å²) in [5.41, 5.74) is -1.72. The first-order chi connectivity index (χ1) is 6.55. The highest BCUT2D eigenvalue weighted by molar-refractivity contribution is 5.99. The van der Waals surface area contributed by atoms with Gasteiger partial charge in [-0.05, 0) is 13.3 Å². The first-order valence-corrected chi connectivity index (χ1v) is 4.51. The van der Waals surface area contributed by atoms with Gasteiger partial charge in [-0.3, -0.25) is 14.0 Å². The van der Waals surface area contributed by atoms with Crippen LogP contribution in [0, 0.1) is 5.41 Å². The summed E-state index contributed by atoms with van der Waals surface area (Å²) in [6.45, 7) is 2.36. The Balaban J connectivity index is 4.82. The molecule has 0 aromatic heterocycles. The highest BCUT2D eigenvalue weighted by Crippen LogP contribution is 2.29. The minimum atomic E-state index is -1.72. The van der Waals surface area contributed by atoms with E-state index >= 15 is 0 Å². The van der Waals surface area contributed by atoms with Crippen molar-refractivity contribution in [3.05, 3.63) is 0 Å². The molecule has 1 atom stereocenters. The molecule has 0 heterocycles. The Hall–Kier alpha value is -1.13. The predicted octanol–water partition coefficient (Wildman–Crippen LogP) is 1.39. The molecule has 0 radical (unpaired) electrons. The molecule has 5 heteroatoms. The van der Waals surface area contributed by atoms with Gasteiger partial charge < -0.3 is 9.84 Å². The molecular weight excluding hydrogens is 191 g/mol. The second-order valence-electron chi connectivity index (χ2n) is 2.90. The summed E-state index contributed by atoms with van der Waals surface area (Å²) >= 11 is 0. The van der Waals surface area contributed by atoms with Gasteiger partial charge in [0, 0.05) is 6.42 Å². The Morgan fingerprint density at radius 3 is 2.29 bits per heavy atom. The molecule has 14 heavy (non-hydrogen) atoms. The van der Waals surface area contributed by atoms with Crippen molar-refractivity contribution in [1.82, 2.24) is 0 Å². The lowest BCUT2D eigenvalue weighted by molar-refractivity contribution is -0.169. The molecule has 4 nitrogen and oxygen atoms in total. The fourth-order valence-corrected chi connectivity index (χ4v) is 1.20. The molecule has 0 aromatic carbocycles. The van der Waals surface area contributed by atoms with Crippen LogP contribution >= 0.6 is 0 Å². The SMILES string of the molecule is CCOC(=O)C(CC)(CCF)C(=O)O. The lowest BCUT2D eigenvalue weighted by atomic mass is 9.82. The number of hydrogen-bond acceptors (Lipinski definition) is 3. The molecule has 0 aliphatic rings. The number of esters is 1. The van der Waals surface area contributed by atoms with Gasteiger partial charge in [0.1, 0.15) is 0 Å².